The summed E-state index contributed by atoms with van der Waals surface area (Å²) in [4.78, 5) is 32.6. The minimum absolute atomic E-state index is 0.0603. The van der Waals surface area contributed by atoms with Gasteiger partial charge in [-0.2, -0.15) is 0 Å². The molecule has 0 aliphatic carbocycles. The zero-order chi connectivity index (χ0) is 24.6. The van der Waals surface area contributed by atoms with Gasteiger partial charge in [0.2, 0.25) is 5.91 Å². The van der Waals surface area contributed by atoms with Gasteiger partial charge in [0.05, 0.1) is 26.2 Å². The molecular weight excluding hydrogens is 448 g/mol. The summed E-state index contributed by atoms with van der Waals surface area (Å²) >= 11 is 1.67. The summed E-state index contributed by atoms with van der Waals surface area (Å²) in [6.07, 6.45) is 3.15. The molecule has 0 radical (unpaired) electrons. The van der Waals surface area contributed by atoms with Gasteiger partial charge in [0.1, 0.15) is 0 Å². The molecule has 1 saturated heterocycles. The van der Waals surface area contributed by atoms with Crippen LogP contribution in [-0.4, -0.2) is 62.2 Å². The van der Waals surface area contributed by atoms with Gasteiger partial charge in [-0.3, -0.25) is 9.59 Å². The second kappa shape index (κ2) is 9.90. The van der Waals surface area contributed by atoms with Crippen molar-refractivity contribution in [2.24, 2.45) is 11.8 Å². The number of benzene rings is 2. The summed E-state index contributed by atoms with van der Waals surface area (Å²) in [6.45, 7) is 5.87. The Morgan fingerprint density at radius 1 is 1.00 bits per heavy atom. The molecule has 2 amide bonds. The Labute approximate surface area is 206 Å². The third-order valence-corrected chi connectivity index (χ3v) is 7.82. The van der Waals surface area contributed by atoms with E-state index in [-0.39, 0.29) is 11.8 Å². The molecule has 6 nitrogen and oxygen atoms in total. The fraction of sp³-hybridized carbons (Fsp3) is 0.481. The molecule has 2 heterocycles. The predicted molar refractivity (Wildman–Crippen MR) is 135 cm³/mol. The molecule has 7 heteroatoms. The number of piperidine rings is 1. The van der Waals surface area contributed by atoms with Gasteiger partial charge in [0.25, 0.3) is 5.91 Å². The highest BCUT2D eigenvalue weighted by Crippen LogP contribution is 2.46. The molecule has 1 fully saturated rings. The third kappa shape index (κ3) is 4.38. The zero-order valence-corrected chi connectivity index (χ0v) is 21.6. The fourth-order valence-corrected chi connectivity index (χ4v) is 5.98. The number of likely N-dealkylation sites (tertiary alicyclic amines) is 1. The number of amides is 2. The number of carbonyl (C=O) groups excluding carboxylic acids is 2. The largest absolute Gasteiger partial charge is 0.493 e. The van der Waals surface area contributed by atoms with E-state index in [1.54, 1.807) is 44.0 Å². The van der Waals surface area contributed by atoms with Crippen molar-refractivity contribution in [2.75, 3.05) is 40.6 Å². The molecule has 2 aromatic carbocycles. The van der Waals surface area contributed by atoms with E-state index in [1.165, 1.54) is 0 Å². The van der Waals surface area contributed by atoms with Gasteiger partial charge in [0.15, 0.2) is 11.5 Å². The van der Waals surface area contributed by atoms with Crippen LogP contribution in [0, 0.1) is 11.8 Å². The molecule has 2 aliphatic heterocycles. The second-order valence-corrected chi connectivity index (χ2v) is 10.5. The lowest BCUT2D eigenvalue weighted by Gasteiger charge is -2.44. The number of likely N-dealkylation sites (N-methyl/N-ethyl adjacent to an activating group) is 1. The zero-order valence-electron chi connectivity index (χ0n) is 20.8. The van der Waals surface area contributed by atoms with E-state index in [9.17, 15) is 9.59 Å². The molecule has 2 aliphatic rings. The van der Waals surface area contributed by atoms with Gasteiger partial charge in [0, 0.05) is 30.6 Å². The summed E-state index contributed by atoms with van der Waals surface area (Å²) in [6, 6.07) is 11.3. The number of hydrogen-bond acceptors (Lipinski definition) is 5. The number of carbonyl (C=O) groups is 2. The number of fused-ring (bicyclic) bond motifs is 1. The summed E-state index contributed by atoms with van der Waals surface area (Å²) in [5.41, 5.74) is 2.15. The summed E-state index contributed by atoms with van der Waals surface area (Å²) < 4.78 is 11.0. The van der Waals surface area contributed by atoms with Gasteiger partial charge in [-0.25, -0.2) is 0 Å². The first-order chi connectivity index (χ1) is 16.3. The highest BCUT2D eigenvalue weighted by Gasteiger charge is 2.45. The Morgan fingerprint density at radius 3 is 2.15 bits per heavy atom. The van der Waals surface area contributed by atoms with E-state index in [2.05, 4.69) is 26.0 Å². The van der Waals surface area contributed by atoms with Crippen LogP contribution < -0.4 is 9.47 Å². The van der Waals surface area contributed by atoms with Crippen LogP contribution in [0.25, 0.3) is 0 Å². The van der Waals surface area contributed by atoms with Crippen LogP contribution >= 0.6 is 11.8 Å². The smallest absolute Gasteiger partial charge is 0.254 e. The maximum atomic E-state index is 14.2. The van der Waals surface area contributed by atoms with E-state index in [0.717, 1.165) is 30.0 Å². The second-order valence-electron chi connectivity index (χ2n) is 9.60. The molecule has 0 saturated carbocycles. The number of thioether (sulfide) groups is 1. The summed E-state index contributed by atoms with van der Waals surface area (Å²) in [7, 11) is 4.91. The monoisotopic (exact) mass is 482 g/mol. The first-order valence-corrected chi connectivity index (χ1v) is 13.0. The molecule has 4 rings (SSSR count). The molecule has 0 bridgehead atoms. The highest BCUT2D eigenvalue weighted by atomic mass is 32.2. The molecule has 4 atom stereocenters. The van der Waals surface area contributed by atoms with Crippen molar-refractivity contribution in [3.63, 3.8) is 0 Å². The molecule has 182 valence electrons. The number of ether oxygens (including phenoxy) is 2. The van der Waals surface area contributed by atoms with Crippen molar-refractivity contribution in [3.05, 3.63) is 53.1 Å². The Hall–Kier alpha value is -2.67. The van der Waals surface area contributed by atoms with Crippen molar-refractivity contribution in [1.82, 2.24) is 9.80 Å². The maximum Gasteiger partial charge on any atom is 0.254 e. The predicted octanol–water partition coefficient (Wildman–Crippen LogP) is 4.84. The number of methoxy groups -OCH3 is 2. The molecular formula is C27H34N2O4S. The van der Waals surface area contributed by atoms with Crippen LogP contribution in [0.2, 0.25) is 0 Å². The lowest BCUT2D eigenvalue weighted by molar-refractivity contribution is -0.137. The van der Waals surface area contributed by atoms with Crippen LogP contribution in [0.1, 0.15) is 53.7 Å². The maximum absolute atomic E-state index is 14.2. The minimum Gasteiger partial charge on any atom is -0.493 e. The Bertz CT molecular complexity index is 1060. The van der Waals surface area contributed by atoms with Gasteiger partial charge in [-0.15, -0.1) is 11.8 Å². The van der Waals surface area contributed by atoms with Crippen molar-refractivity contribution >= 4 is 23.6 Å². The van der Waals surface area contributed by atoms with Gasteiger partial charge >= 0.3 is 0 Å². The van der Waals surface area contributed by atoms with Gasteiger partial charge < -0.3 is 19.3 Å². The van der Waals surface area contributed by atoms with E-state index < -0.39 is 12.0 Å². The highest BCUT2D eigenvalue weighted by molar-refractivity contribution is 7.98. The van der Waals surface area contributed by atoms with Gasteiger partial charge in [-0.05, 0) is 59.9 Å². The third-order valence-electron chi connectivity index (χ3n) is 7.08. The minimum atomic E-state index is -0.532. The van der Waals surface area contributed by atoms with E-state index in [1.807, 2.05) is 29.4 Å². The normalized spacial score (nSPS) is 24.6. The lowest BCUT2D eigenvalue weighted by atomic mass is 9.78. The van der Waals surface area contributed by atoms with Crippen LogP contribution in [0.5, 0.6) is 11.5 Å². The molecule has 34 heavy (non-hydrogen) atoms. The Morgan fingerprint density at radius 2 is 1.59 bits per heavy atom. The average Bonchev–Trinajstić information content (AvgIpc) is 2.84. The van der Waals surface area contributed by atoms with Crippen molar-refractivity contribution in [2.45, 2.75) is 37.1 Å². The van der Waals surface area contributed by atoms with Crippen molar-refractivity contribution in [3.8, 4) is 11.5 Å². The average molecular weight is 483 g/mol. The molecule has 0 spiro atoms. The van der Waals surface area contributed by atoms with E-state index in [0.29, 0.717) is 34.5 Å². The number of nitrogens with zero attached hydrogens (tertiary/aromatic N) is 2. The van der Waals surface area contributed by atoms with Crippen LogP contribution in [-0.2, 0) is 4.79 Å². The van der Waals surface area contributed by atoms with Gasteiger partial charge in [-0.1, -0.05) is 26.0 Å². The standard InChI is InChI=1S/C27H34N2O4S/c1-16-11-17(2)15-29(14-16)27(31)24-20-12-22(32-4)23(33-5)13-21(20)26(30)28(3)25(24)18-7-9-19(34-6)10-8-18/h7-10,12-13,16-17,24-25H,11,14-15H2,1-6H3/t16-,17+,24-,25+/m0/s1. The molecule has 0 N–H and O–H groups in total. The first-order valence-electron chi connectivity index (χ1n) is 11.7. The number of rotatable bonds is 5. The quantitative estimate of drug-likeness (QED) is 0.571. The number of hydrogen-bond donors (Lipinski definition) is 0. The summed E-state index contributed by atoms with van der Waals surface area (Å²) in [5, 5.41) is 0. The first kappa shape index (κ1) is 24.5. The van der Waals surface area contributed by atoms with E-state index in [4.69, 9.17) is 9.47 Å². The van der Waals surface area contributed by atoms with E-state index >= 15 is 0 Å². The SMILES string of the molecule is COc1cc2c(cc1OC)[C@H](C(=O)N1C[C@H](C)C[C@H](C)C1)[C@@H](c1ccc(SC)cc1)N(C)C2=O. The molecule has 2 aromatic rings. The Kier molecular flexibility index (Phi) is 7.12. The molecule has 0 aromatic heterocycles. The fourth-order valence-electron chi connectivity index (χ4n) is 5.57. The Balaban J connectivity index is 1.88. The van der Waals surface area contributed by atoms with Crippen molar-refractivity contribution in [1.29, 1.82) is 0 Å². The van der Waals surface area contributed by atoms with Crippen molar-refractivity contribution < 1.29 is 19.1 Å². The summed E-state index contributed by atoms with van der Waals surface area (Å²) in [5.74, 6) is 1.30. The van der Waals surface area contributed by atoms with Crippen LogP contribution in [0.15, 0.2) is 41.3 Å². The topological polar surface area (TPSA) is 59.1 Å². The van der Waals surface area contributed by atoms with Crippen LogP contribution in [0.4, 0.5) is 0 Å². The molecule has 0 unspecified atom stereocenters. The lowest BCUT2D eigenvalue weighted by Crippen LogP contribution is -2.50. The van der Waals surface area contributed by atoms with Crippen LogP contribution in [0.3, 0.4) is 0 Å².